The normalized spacial score (nSPS) is 17.6. The number of nitrogens with one attached hydrogen (secondary N) is 1. The van der Waals surface area contributed by atoms with Gasteiger partial charge in [0, 0.05) is 74.9 Å². The zero-order valence-corrected chi connectivity index (χ0v) is 32.2. The number of sulfonamides is 1. The maximum Gasteiger partial charge on any atom is 0.290 e. The molecule has 292 valence electrons. The molecule has 5 heterocycles. The third kappa shape index (κ3) is 8.79. The molecule has 2 bridgehead atoms. The molecule has 6 rings (SSSR count). The summed E-state index contributed by atoms with van der Waals surface area (Å²) < 4.78 is 47.6. The molecule has 0 spiro atoms. The average molecular weight is 768 g/mol. The van der Waals surface area contributed by atoms with Crippen molar-refractivity contribution in [2.24, 2.45) is 13.0 Å². The fraction of sp³-hybridized carbons (Fsp3) is 0.486. The van der Waals surface area contributed by atoms with Gasteiger partial charge in [0.1, 0.15) is 17.2 Å². The van der Waals surface area contributed by atoms with E-state index in [1.165, 1.54) is 9.21 Å². The van der Waals surface area contributed by atoms with E-state index >= 15 is 0 Å². The highest BCUT2D eigenvalue weighted by Crippen LogP contribution is 2.44. The van der Waals surface area contributed by atoms with Crippen LogP contribution < -0.4 is 24.4 Å². The number of carbonyl (C=O) groups excluding carboxylic acids is 2. The Morgan fingerprint density at radius 2 is 1.74 bits per heavy atom. The molecule has 2 aliphatic rings. The van der Waals surface area contributed by atoms with Gasteiger partial charge in [0.2, 0.25) is 21.7 Å². The molecule has 1 fully saturated rings. The van der Waals surface area contributed by atoms with Crippen molar-refractivity contribution in [3.05, 3.63) is 47.8 Å². The minimum absolute atomic E-state index is 0.0679. The van der Waals surface area contributed by atoms with Crippen molar-refractivity contribution >= 4 is 56.1 Å². The van der Waals surface area contributed by atoms with E-state index in [1.807, 2.05) is 36.0 Å². The number of hydrogen-bond acceptors (Lipinski definition) is 11. The number of nitrogens with zero attached hydrogens (tertiary/aromatic N) is 6. The number of pyridine rings is 2. The van der Waals surface area contributed by atoms with Crippen molar-refractivity contribution in [1.82, 2.24) is 29.1 Å². The molecule has 1 saturated heterocycles. The third-order valence-electron chi connectivity index (χ3n) is 9.83. The number of piperidine rings is 1. The lowest BCUT2D eigenvalue weighted by Gasteiger charge is -2.36. The summed E-state index contributed by atoms with van der Waals surface area (Å²) in [5.41, 5.74) is 2.30. The fourth-order valence-electron chi connectivity index (χ4n) is 7.07. The second-order valence-corrected chi connectivity index (χ2v) is 15.5. The molecule has 1 atom stereocenters. The van der Waals surface area contributed by atoms with E-state index in [-0.39, 0.29) is 61.8 Å². The largest absolute Gasteiger partial charge is 0.493 e. The van der Waals surface area contributed by atoms with Crippen LogP contribution in [0.4, 0.5) is 5.82 Å². The average Bonchev–Trinajstić information content (AvgIpc) is 3.55. The van der Waals surface area contributed by atoms with Gasteiger partial charge < -0.3 is 39.0 Å². The molecule has 0 saturated carbocycles. The molecule has 1 aromatic carbocycles. The zero-order valence-electron chi connectivity index (χ0n) is 31.4. The van der Waals surface area contributed by atoms with E-state index in [1.54, 1.807) is 40.4 Å². The monoisotopic (exact) mass is 767 g/mol. The summed E-state index contributed by atoms with van der Waals surface area (Å²) in [6, 6.07) is 9.22. The Hall–Kier alpha value is -5.16. The number of amides is 2. The summed E-state index contributed by atoms with van der Waals surface area (Å²) in [6.45, 7) is 3.62. The summed E-state index contributed by atoms with van der Waals surface area (Å²) in [4.78, 5) is 49.0. The third-order valence-corrected chi connectivity index (χ3v) is 11.7. The van der Waals surface area contributed by atoms with E-state index in [0.29, 0.717) is 65.5 Å². The Labute approximate surface area is 315 Å². The number of hydrogen-bond donors (Lipinski definition) is 2. The van der Waals surface area contributed by atoms with Crippen LogP contribution in [0.2, 0.25) is 0 Å². The molecule has 2 amide bonds. The van der Waals surface area contributed by atoms with Crippen LogP contribution in [0, 0.1) is 5.92 Å². The van der Waals surface area contributed by atoms with Crippen LogP contribution in [0.5, 0.6) is 17.2 Å². The summed E-state index contributed by atoms with van der Waals surface area (Å²) in [5.74, 6) is 1.49. The van der Waals surface area contributed by atoms with Gasteiger partial charge in [-0.05, 0) is 62.8 Å². The van der Waals surface area contributed by atoms with Crippen molar-refractivity contribution < 1.29 is 42.1 Å². The SMILES string of the molecule is CCS(=O)(=O)N1CCCCN(C(=O)c2ccc3ccn(C)c3n2)CC(=O)NCC2CCCN(C2)c2nc3cc(OC)c(OC)c(OC)c3cc2C1.O=CO. The molecule has 1 unspecified atom stereocenters. The minimum Gasteiger partial charge on any atom is -0.493 e. The Morgan fingerprint density at radius 1 is 1.00 bits per heavy atom. The lowest BCUT2D eigenvalue weighted by Crippen LogP contribution is -2.46. The van der Waals surface area contributed by atoms with Gasteiger partial charge in [-0.3, -0.25) is 14.4 Å². The number of methoxy groups -OCH3 is 3. The number of carboxylic acid groups (broad SMARTS) is 1. The van der Waals surface area contributed by atoms with E-state index in [4.69, 9.17) is 29.1 Å². The molecule has 16 nitrogen and oxygen atoms in total. The lowest BCUT2D eigenvalue weighted by atomic mass is 9.97. The van der Waals surface area contributed by atoms with E-state index < -0.39 is 10.0 Å². The topological polar surface area (TPSA) is 186 Å². The first-order chi connectivity index (χ1) is 26.0. The quantitative estimate of drug-likeness (QED) is 0.274. The summed E-state index contributed by atoms with van der Waals surface area (Å²) >= 11 is 0. The van der Waals surface area contributed by atoms with Crippen molar-refractivity contribution in [3.63, 3.8) is 0 Å². The van der Waals surface area contributed by atoms with Gasteiger partial charge in [-0.25, -0.2) is 18.4 Å². The number of aromatic nitrogens is 3. The van der Waals surface area contributed by atoms with E-state index in [2.05, 4.69) is 15.2 Å². The van der Waals surface area contributed by atoms with Crippen LogP contribution >= 0.6 is 0 Å². The lowest BCUT2D eigenvalue weighted by molar-refractivity contribution is -0.123. The molecule has 3 aromatic heterocycles. The van der Waals surface area contributed by atoms with Crippen LogP contribution in [0.1, 0.15) is 48.7 Å². The van der Waals surface area contributed by atoms with Gasteiger partial charge in [-0.15, -0.1) is 0 Å². The highest BCUT2D eigenvalue weighted by atomic mass is 32.2. The van der Waals surface area contributed by atoms with Crippen molar-refractivity contribution in [2.75, 3.05) is 71.3 Å². The Kier molecular flexibility index (Phi) is 13.2. The van der Waals surface area contributed by atoms with Gasteiger partial charge in [-0.1, -0.05) is 0 Å². The van der Waals surface area contributed by atoms with Crippen LogP contribution in [-0.4, -0.2) is 122 Å². The van der Waals surface area contributed by atoms with E-state index in [9.17, 15) is 18.0 Å². The number of fused-ring (bicyclic) bond motifs is 6. The van der Waals surface area contributed by atoms with Crippen molar-refractivity contribution in [3.8, 4) is 17.2 Å². The molecular weight excluding hydrogens is 719 g/mol. The van der Waals surface area contributed by atoms with Gasteiger partial charge in [0.15, 0.2) is 11.5 Å². The van der Waals surface area contributed by atoms with E-state index in [0.717, 1.165) is 30.3 Å². The van der Waals surface area contributed by atoms with Crippen molar-refractivity contribution in [2.45, 2.75) is 39.2 Å². The highest BCUT2D eigenvalue weighted by Gasteiger charge is 2.30. The Morgan fingerprint density at radius 3 is 2.44 bits per heavy atom. The molecule has 0 aliphatic carbocycles. The van der Waals surface area contributed by atoms with Crippen LogP contribution in [0.3, 0.4) is 0 Å². The smallest absolute Gasteiger partial charge is 0.290 e. The standard InChI is InChI=1S/C36H47N7O7S.CH2O2/c1-6-51(46,47)43-16-8-7-14-42(36(45)28-12-11-25-13-17-40(2)34(25)38-28)23-31(44)37-20-24-10-9-15-41(21-24)35-26(22-43)18-27-29(39-35)19-30(48-3)33(50-5)32(27)49-4;2-1-3/h11-13,17-19,24H,6-10,14-16,20-23H2,1-5H3,(H,37,44);1H,(H,2,3). The second-order valence-electron chi connectivity index (χ2n) is 13.3. The number of ether oxygens (including phenoxy) is 3. The first-order valence-corrected chi connectivity index (χ1v) is 19.5. The Bertz CT molecular complexity index is 2090. The summed E-state index contributed by atoms with van der Waals surface area (Å²) in [7, 11) is 2.87. The summed E-state index contributed by atoms with van der Waals surface area (Å²) in [5, 5.41) is 11.6. The number of benzene rings is 1. The second kappa shape index (κ2) is 17.8. The molecule has 4 aromatic rings. The molecule has 17 heteroatoms. The van der Waals surface area contributed by atoms with Gasteiger partial charge >= 0.3 is 0 Å². The predicted octanol–water partition coefficient (Wildman–Crippen LogP) is 3.27. The first-order valence-electron chi connectivity index (χ1n) is 17.9. The molecule has 2 N–H and O–H groups in total. The Balaban J connectivity index is 0.00000181. The number of aryl methyl sites for hydroxylation is 1. The van der Waals surface area contributed by atoms with Crippen LogP contribution in [0.25, 0.3) is 21.9 Å². The fourth-order valence-corrected chi connectivity index (χ4v) is 8.18. The highest BCUT2D eigenvalue weighted by molar-refractivity contribution is 7.89. The van der Waals surface area contributed by atoms with Gasteiger partial charge in [0.05, 0.1) is 39.1 Å². The summed E-state index contributed by atoms with van der Waals surface area (Å²) in [6.07, 6.45) is 4.59. The molecule has 2 aliphatic heterocycles. The molecule has 0 radical (unpaired) electrons. The van der Waals surface area contributed by atoms with Crippen LogP contribution in [0.15, 0.2) is 36.5 Å². The number of carbonyl (C=O) groups is 3. The predicted molar refractivity (Wildman–Crippen MR) is 204 cm³/mol. The zero-order chi connectivity index (χ0) is 39.0. The first kappa shape index (κ1) is 40.0. The van der Waals surface area contributed by atoms with Crippen LogP contribution in [-0.2, 0) is 33.2 Å². The van der Waals surface area contributed by atoms with Gasteiger partial charge in [-0.2, -0.15) is 4.31 Å². The minimum atomic E-state index is -3.64. The molecule has 54 heavy (non-hydrogen) atoms. The number of anilines is 1. The maximum absolute atomic E-state index is 13.8. The van der Waals surface area contributed by atoms with Crippen molar-refractivity contribution in [1.29, 1.82) is 0 Å². The van der Waals surface area contributed by atoms with Gasteiger partial charge in [0.25, 0.3) is 12.4 Å². The maximum atomic E-state index is 13.8. The molecular formula is C37H49N7O9S. The number of rotatable bonds is 6.